The monoisotopic (exact) mass is 407 g/mol. The van der Waals surface area contributed by atoms with Crippen molar-refractivity contribution in [3.8, 4) is 0 Å². The fraction of sp³-hybridized carbons (Fsp3) is 0.550. The molecule has 3 amide bonds. The normalized spacial score (nSPS) is 20.5. The molecule has 0 N–H and O–H groups in total. The maximum atomic E-state index is 12.9. The highest BCUT2D eigenvalue weighted by atomic mass is 35.5. The number of nitrogens with zero attached hydrogens (tertiary/aromatic N) is 3. The molecule has 2 heterocycles. The van der Waals surface area contributed by atoms with Gasteiger partial charge in [0, 0.05) is 39.1 Å². The Morgan fingerprint density at radius 1 is 1.07 bits per heavy atom. The maximum Gasteiger partial charge on any atom is 0.410 e. The summed E-state index contributed by atoms with van der Waals surface area (Å²) >= 11 is 6.20. The molecule has 0 saturated carbocycles. The molecule has 2 saturated heterocycles. The van der Waals surface area contributed by atoms with E-state index in [1.807, 2.05) is 26.8 Å². The first kappa shape index (κ1) is 20.5. The van der Waals surface area contributed by atoms with Crippen molar-refractivity contribution in [1.29, 1.82) is 0 Å². The van der Waals surface area contributed by atoms with Crippen LogP contribution < -0.4 is 4.90 Å². The highest BCUT2D eigenvalue weighted by Crippen LogP contribution is 2.31. The molecule has 2 aliphatic heterocycles. The summed E-state index contributed by atoms with van der Waals surface area (Å²) in [6.45, 7) is 7.54. The van der Waals surface area contributed by atoms with Gasteiger partial charge in [0.05, 0.1) is 16.6 Å². The van der Waals surface area contributed by atoms with Crippen molar-refractivity contribution in [2.24, 2.45) is 5.92 Å². The number of anilines is 1. The maximum absolute atomic E-state index is 12.9. The van der Waals surface area contributed by atoms with Gasteiger partial charge in [-0.05, 0) is 32.9 Å². The number of amides is 3. The molecule has 28 heavy (non-hydrogen) atoms. The molecule has 152 valence electrons. The van der Waals surface area contributed by atoms with Gasteiger partial charge in [-0.25, -0.2) is 4.79 Å². The lowest BCUT2D eigenvalue weighted by atomic mass is 10.1. The molecule has 2 fully saturated rings. The number of benzene rings is 1. The summed E-state index contributed by atoms with van der Waals surface area (Å²) in [4.78, 5) is 42.4. The van der Waals surface area contributed by atoms with Gasteiger partial charge in [0.2, 0.25) is 11.8 Å². The Hall–Kier alpha value is -2.28. The van der Waals surface area contributed by atoms with Gasteiger partial charge in [-0.15, -0.1) is 0 Å². The molecule has 1 aromatic rings. The van der Waals surface area contributed by atoms with Gasteiger partial charge in [0.25, 0.3) is 0 Å². The van der Waals surface area contributed by atoms with E-state index in [0.29, 0.717) is 43.4 Å². The molecule has 1 atom stereocenters. The molecule has 7 nitrogen and oxygen atoms in total. The van der Waals surface area contributed by atoms with E-state index in [9.17, 15) is 14.4 Å². The van der Waals surface area contributed by atoms with Crippen LogP contribution in [0, 0.1) is 5.92 Å². The third-order valence-electron chi connectivity index (χ3n) is 4.86. The minimum absolute atomic E-state index is 0.0493. The minimum atomic E-state index is -0.545. The fourth-order valence-electron chi connectivity index (χ4n) is 3.47. The Morgan fingerprint density at radius 3 is 2.29 bits per heavy atom. The quantitative estimate of drug-likeness (QED) is 0.755. The van der Waals surface area contributed by atoms with E-state index in [-0.39, 0.29) is 24.3 Å². The molecule has 0 bridgehead atoms. The molecule has 8 heteroatoms. The van der Waals surface area contributed by atoms with Gasteiger partial charge >= 0.3 is 6.09 Å². The summed E-state index contributed by atoms with van der Waals surface area (Å²) in [5.74, 6) is -0.539. The zero-order chi connectivity index (χ0) is 20.5. The van der Waals surface area contributed by atoms with Gasteiger partial charge in [0.1, 0.15) is 5.60 Å². The second-order valence-electron chi connectivity index (χ2n) is 8.15. The number of carbonyl (C=O) groups is 3. The summed E-state index contributed by atoms with van der Waals surface area (Å²) in [7, 11) is 0. The Bertz CT molecular complexity index is 769. The van der Waals surface area contributed by atoms with Crippen LogP contribution in [0.25, 0.3) is 0 Å². The van der Waals surface area contributed by atoms with Crippen LogP contribution in [0.1, 0.15) is 27.2 Å². The number of hydrogen-bond donors (Lipinski definition) is 0. The largest absolute Gasteiger partial charge is 0.444 e. The Labute approximate surface area is 170 Å². The molecule has 2 aliphatic rings. The first-order chi connectivity index (χ1) is 13.2. The summed E-state index contributed by atoms with van der Waals surface area (Å²) in [6, 6.07) is 7.14. The van der Waals surface area contributed by atoms with Gasteiger partial charge in [-0.1, -0.05) is 23.7 Å². The van der Waals surface area contributed by atoms with E-state index in [0.717, 1.165) is 0 Å². The van der Waals surface area contributed by atoms with Crippen LogP contribution in [0.2, 0.25) is 5.02 Å². The second kappa shape index (κ2) is 7.99. The number of carbonyl (C=O) groups excluding carboxylic acids is 3. The number of ether oxygens (including phenoxy) is 1. The number of hydrogen-bond acceptors (Lipinski definition) is 4. The average Bonchev–Trinajstić information content (AvgIpc) is 3.02. The fourth-order valence-corrected chi connectivity index (χ4v) is 3.71. The van der Waals surface area contributed by atoms with Crippen LogP contribution in [-0.4, -0.2) is 66.0 Å². The Balaban J connectivity index is 1.57. The van der Waals surface area contributed by atoms with E-state index < -0.39 is 11.5 Å². The van der Waals surface area contributed by atoms with E-state index in [2.05, 4.69) is 0 Å². The summed E-state index contributed by atoms with van der Waals surface area (Å²) < 4.78 is 5.38. The van der Waals surface area contributed by atoms with Crippen LogP contribution >= 0.6 is 11.6 Å². The van der Waals surface area contributed by atoms with Crippen LogP contribution in [0.3, 0.4) is 0 Å². The van der Waals surface area contributed by atoms with Crippen LogP contribution in [0.4, 0.5) is 10.5 Å². The van der Waals surface area contributed by atoms with Crippen LogP contribution in [0.5, 0.6) is 0 Å². The van der Waals surface area contributed by atoms with Crippen molar-refractivity contribution in [3.63, 3.8) is 0 Å². The molecular formula is C20H26ClN3O4. The summed E-state index contributed by atoms with van der Waals surface area (Å²) in [6.07, 6.45) is -0.184. The molecule has 0 unspecified atom stereocenters. The number of piperazine rings is 1. The highest BCUT2D eigenvalue weighted by Gasteiger charge is 2.39. The van der Waals surface area contributed by atoms with Crippen molar-refractivity contribution in [2.75, 3.05) is 37.6 Å². The van der Waals surface area contributed by atoms with Crippen molar-refractivity contribution in [3.05, 3.63) is 29.3 Å². The van der Waals surface area contributed by atoms with Crippen molar-refractivity contribution < 1.29 is 19.1 Å². The van der Waals surface area contributed by atoms with Gasteiger partial charge < -0.3 is 19.4 Å². The molecule has 3 rings (SSSR count). The van der Waals surface area contributed by atoms with Gasteiger partial charge in [-0.2, -0.15) is 0 Å². The molecule has 0 radical (unpaired) electrons. The van der Waals surface area contributed by atoms with Crippen molar-refractivity contribution in [2.45, 2.75) is 32.8 Å². The minimum Gasteiger partial charge on any atom is -0.444 e. The molecule has 0 aliphatic carbocycles. The van der Waals surface area contributed by atoms with Crippen LogP contribution in [-0.2, 0) is 14.3 Å². The lowest BCUT2D eigenvalue weighted by Crippen LogP contribution is -2.53. The first-order valence-corrected chi connectivity index (χ1v) is 9.85. The molecule has 0 aromatic heterocycles. The number of rotatable bonds is 2. The third kappa shape index (κ3) is 4.58. The third-order valence-corrected chi connectivity index (χ3v) is 5.18. The average molecular weight is 408 g/mol. The smallest absolute Gasteiger partial charge is 0.410 e. The summed E-state index contributed by atoms with van der Waals surface area (Å²) in [5.41, 5.74) is 0.0929. The molecular weight excluding hydrogens is 382 g/mol. The van der Waals surface area contributed by atoms with Gasteiger partial charge in [-0.3, -0.25) is 9.59 Å². The van der Waals surface area contributed by atoms with E-state index >= 15 is 0 Å². The van der Waals surface area contributed by atoms with Crippen molar-refractivity contribution in [1.82, 2.24) is 9.80 Å². The van der Waals surface area contributed by atoms with Crippen LogP contribution in [0.15, 0.2) is 24.3 Å². The second-order valence-corrected chi connectivity index (χ2v) is 8.56. The highest BCUT2D eigenvalue weighted by molar-refractivity contribution is 6.33. The zero-order valence-corrected chi connectivity index (χ0v) is 17.2. The Morgan fingerprint density at radius 2 is 1.68 bits per heavy atom. The number of para-hydroxylation sites is 1. The van der Waals surface area contributed by atoms with Crippen molar-refractivity contribution >= 4 is 35.2 Å². The predicted octanol–water partition coefficient (Wildman–Crippen LogP) is 2.77. The van der Waals surface area contributed by atoms with E-state index in [1.54, 1.807) is 32.9 Å². The Kier molecular flexibility index (Phi) is 5.84. The molecule has 0 spiro atoms. The SMILES string of the molecule is CC(C)(C)OC(=O)N1CCN(C(=O)[C@H]2CC(=O)N(c3ccccc3Cl)C2)CC1. The zero-order valence-electron chi connectivity index (χ0n) is 16.5. The van der Waals surface area contributed by atoms with Gasteiger partial charge in [0.15, 0.2) is 0 Å². The van der Waals surface area contributed by atoms with E-state index in [1.165, 1.54) is 0 Å². The standard InChI is InChI=1S/C20H26ClN3O4/c1-20(2,3)28-19(27)23-10-8-22(9-11-23)18(26)14-12-17(25)24(13-14)16-7-5-4-6-15(16)21/h4-7,14H,8-13H2,1-3H3/t14-/m0/s1. The number of halogens is 1. The lowest BCUT2D eigenvalue weighted by Gasteiger charge is -2.36. The molecule has 1 aromatic carbocycles. The lowest BCUT2D eigenvalue weighted by molar-refractivity contribution is -0.137. The topological polar surface area (TPSA) is 70.2 Å². The summed E-state index contributed by atoms with van der Waals surface area (Å²) in [5, 5.41) is 0.495. The first-order valence-electron chi connectivity index (χ1n) is 9.47. The predicted molar refractivity (Wildman–Crippen MR) is 106 cm³/mol. The van der Waals surface area contributed by atoms with E-state index in [4.69, 9.17) is 16.3 Å².